The maximum Gasteiger partial charge on any atom is 0.238 e. The second kappa shape index (κ2) is 8.68. The molecule has 0 aliphatic carbocycles. The summed E-state index contributed by atoms with van der Waals surface area (Å²) in [6, 6.07) is 18.0. The first kappa shape index (κ1) is 19.5. The molecule has 0 saturated heterocycles. The van der Waals surface area contributed by atoms with Gasteiger partial charge in [0.1, 0.15) is 11.5 Å². The molecule has 1 amide bonds. The summed E-state index contributed by atoms with van der Waals surface area (Å²) in [5.41, 5.74) is 3.12. The summed E-state index contributed by atoms with van der Waals surface area (Å²) in [6.45, 7) is 1.14. The second-order valence-corrected chi connectivity index (χ2v) is 7.95. The number of nitrogens with one attached hydrogen (secondary N) is 1. The van der Waals surface area contributed by atoms with E-state index in [4.69, 9.17) is 9.47 Å². The van der Waals surface area contributed by atoms with E-state index in [0.29, 0.717) is 23.7 Å². The number of fused-ring (bicyclic) bond motifs is 1. The monoisotopic (exact) mass is 408 g/mol. The fourth-order valence-corrected chi connectivity index (χ4v) is 4.75. The van der Waals surface area contributed by atoms with Crippen molar-refractivity contribution in [3.63, 3.8) is 0 Å². The van der Waals surface area contributed by atoms with Crippen molar-refractivity contribution in [2.45, 2.75) is 12.5 Å². The van der Waals surface area contributed by atoms with E-state index in [2.05, 4.69) is 45.9 Å². The molecule has 29 heavy (non-hydrogen) atoms. The highest BCUT2D eigenvalue weighted by Gasteiger charge is 2.30. The molecular weight excluding hydrogens is 384 g/mol. The summed E-state index contributed by atoms with van der Waals surface area (Å²) < 4.78 is 10.7. The van der Waals surface area contributed by atoms with Gasteiger partial charge in [-0.05, 0) is 41.1 Å². The average Bonchev–Trinajstić information content (AvgIpc) is 3.23. The number of benzene rings is 2. The number of carbonyl (C=O) groups is 1. The van der Waals surface area contributed by atoms with Crippen LogP contribution in [0.25, 0.3) is 0 Å². The summed E-state index contributed by atoms with van der Waals surface area (Å²) in [4.78, 5) is 16.6. The zero-order valence-electron chi connectivity index (χ0n) is 16.6. The van der Waals surface area contributed by atoms with E-state index in [9.17, 15) is 4.79 Å². The lowest BCUT2D eigenvalue weighted by atomic mass is 9.93. The molecular formula is C23H24N2O3S. The molecule has 0 bridgehead atoms. The molecule has 2 heterocycles. The second-order valence-electron chi connectivity index (χ2n) is 6.95. The van der Waals surface area contributed by atoms with Crippen molar-refractivity contribution in [1.82, 2.24) is 4.90 Å². The maximum atomic E-state index is 12.9. The van der Waals surface area contributed by atoms with Crippen LogP contribution in [0, 0.1) is 0 Å². The van der Waals surface area contributed by atoms with Crippen LogP contribution in [-0.4, -0.2) is 38.1 Å². The van der Waals surface area contributed by atoms with Gasteiger partial charge in [0, 0.05) is 17.5 Å². The van der Waals surface area contributed by atoms with Crippen LogP contribution in [0.3, 0.4) is 0 Å². The average molecular weight is 409 g/mol. The van der Waals surface area contributed by atoms with Crippen LogP contribution in [0.15, 0.2) is 60.0 Å². The van der Waals surface area contributed by atoms with Crippen LogP contribution < -0.4 is 14.8 Å². The van der Waals surface area contributed by atoms with E-state index in [1.807, 2.05) is 12.1 Å². The molecule has 1 aliphatic heterocycles. The van der Waals surface area contributed by atoms with Crippen LogP contribution in [0.1, 0.15) is 22.0 Å². The van der Waals surface area contributed by atoms with E-state index in [1.54, 1.807) is 37.7 Å². The van der Waals surface area contributed by atoms with E-state index >= 15 is 0 Å². The Morgan fingerprint density at radius 3 is 2.72 bits per heavy atom. The molecule has 0 unspecified atom stereocenters. The van der Waals surface area contributed by atoms with Crippen molar-refractivity contribution >= 4 is 22.9 Å². The Bertz CT molecular complexity index is 987. The lowest BCUT2D eigenvalue weighted by molar-refractivity contribution is -0.117. The molecule has 2 aromatic carbocycles. The molecule has 1 aromatic heterocycles. The highest BCUT2D eigenvalue weighted by molar-refractivity contribution is 7.10. The molecule has 150 valence electrons. The highest BCUT2D eigenvalue weighted by atomic mass is 32.1. The zero-order chi connectivity index (χ0) is 20.2. The first-order chi connectivity index (χ1) is 14.2. The van der Waals surface area contributed by atoms with E-state index < -0.39 is 0 Å². The third-order valence-electron chi connectivity index (χ3n) is 5.21. The predicted molar refractivity (Wildman–Crippen MR) is 116 cm³/mol. The van der Waals surface area contributed by atoms with Gasteiger partial charge in [0.15, 0.2) is 0 Å². The Hall–Kier alpha value is -2.83. The van der Waals surface area contributed by atoms with Crippen molar-refractivity contribution in [2.24, 2.45) is 0 Å². The number of hydrogen-bond donors (Lipinski definition) is 1. The first-order valence-corrected chi connectivity index (χ1v) is 10.4. The Balaban J connectivity index is 1.56. The fourth-order valence-electron chi connectivity index (χ4n) is 3.85. The van der Waals surface area contributed by atoms with Gasteiger partial charge in [-0.15, -0.1) is 11.3 Å². The normalized spacial score (nSPS) is 16.1. The number of thiophene rings is 1. The molecule has 0 saturated carbocycles. The molecule has 1 N–H and O–H groups in total. The number of ether oxygens (including phenoxy) is 2. The van der Waals surface area contributed by atoms with Crippen molar-refractivity contribution in [1.29, 1.82) is 0 Å². The molecule has 6 heteroatoms. The molecule has 1 aliphatic rings. The van der Waals surface area contributed by atoms with Crippen LogP contribution in [-0.2, 0) is 11.2 Å². The van der Waals surface area contributed by atoms with E-state index in [-0.39, 0.29) is 11.9 Å². The standard InChI is InChI=1S/C23H24N2O3S/c1-27-17-8-9-20(28-2)19(14-17)24-22(26)15-25-12-10-21-18(11-13-29-21)23(25)16-6-4-3-5-7-16/h3-9,11,13-14,23H,10,12,15H2,1-2H3,(H,24,26)/t23-/m0/s1. The molecule has 0 fully saturated rings. The summed E-state index contributed by atoms with van der Waals surface area (Å²) in [6.07, 6.45) is 0.964. The van der Waals surface area contributed by atoms with Gasteiger partial charge in [0.2, 0.25) is 5.91 Å². The topological polar surface area (TPSA) is 50.8 Å². The first-order valence-electron chi connectivity index (χ1n) is 9.56. The Morgan fingerprint density at radius 1 is 1.14 bits per heavy atom. The van der Waals surface area contributed by atoms with Crippen molar-refractivity contribution in [3.05, 3.63) is 76.0 Å². The fraction of sp³-hybridized carbons (Fsp3) is 0.261. The molecule has 3 aromatic rings. The summed E-state index contributed by atoms with van der Waals surface area (Å²) in [7, 11) is 3.19. The lowest BCUT2D eigenvalue weighted by Gasteiger charge is -2.35. The minimum atomic E-state index is -0.0730. The van der Waals surface area contributed by atoms with Crippen LogP contribution in [0.2, 0.25) is 0 Å². The van der Waals surface area contributed by atoms with Crippen molar-refractivity contribution in [2.75, 3.05) is 32.6 Å². The van der Waals surface area contributed by atoms with Gasteiger partial charge >= 0.3 is 0 Å². The number of anilines is 1. The van der Waals surface area contributed by atoms with Gasteiger partial charge in [-0.2, -0.15) is 0 Å². The lowest BCUT2D eigenvalue weighted by Crippen LogP contribution is -2.40. The molecule has 0 radical (unpaired) electrons. The van der Waals surface area contributed by atoms with Crippen LogP contribution in [0.4, 0.5) is 5.69 Å². The third kappa shape index (κ3) is 4.13. The zero-order valence-corrected chi connectivity index (χ0v) is 17.4. The third-order valence-corrected chi connectivity index (χ3v) is 6.20. The number of methoxy groups -OCH3 is 2. The number of amides is 1. The van der Waals surface area contributed by atoms with Gasteiger partial charge in [-0.25, -0.2) is 0 Å². The van der Waals surface area contributed by atoms with Crippen LogP contribution in [0.5, 0.6) is 11.5 Å². The quantitative estimate of drug-likeness (QED) is 0.659. The van der Waals surface area contributed by atoms with Crippen molar-refractivity contribution < 1.29 is 14.3 Å². The highest BCUT2D eigenvalue weighted by Crippen LogP contribution is 2.37. The number of rotatable bonds is 6. The maximum absolute atomic E-state index is 12.9. The number of hydrogen-bond acceptors (Lipinski definition) is 5. The summed E-state index contributed by atoms with van der Waals surface area (Å²) in [5, 5.41) is 5.13. The Morgan fingerprint density at radius 2 is 1.97 bits per heavy atom. The Kier molecular flexibility index (Phi) is 5.83. The van der Waals surface area contributed by atoms with Gasteiger partial charge in [0.25, 0.3) is 0 Å². The minimum absolute atomic E-state index is 0.0730. The van der Waals surface area contributed by atoms with Gasteiger partial charge in [-0.3, -0.25) is 9.69 Å². The van der Waals surface area contributed by atoms with Gasteiger partial charge < -0.3 is 14.8 Å². The SMILES string of the molecule is COc1ccc(OC)c(NC(=O)CN2CCc3sccc3[C@@H]2c2ccccc2)c1. The molecule has 0 spiro atoms. The molecule has 1 atom stereocenters. The number of nitrogens with zero attached hydrogens (tertiary/aromatic N) is 1. The predicted octanol–water partition coefficient (Wildman–Crippen LogP) is 4.35. The summed E-state index contributed by atoms with van der Waals surface area (Å²) in [5.74, 6) is 1.21. The summed E-state index contributed by atoms with van der Waals surface area (Å²) >= 11 is 1.80. The minimum Gasteiger partial charge on any atom is -0.497 e. The van der Waals surface area contributed by atoms with Gasteiger partial charge in [-0.1, -0.05) is 30.3 Å². The number of carbonyl (C=O) groups excluding carboxylic acids is 1. The Labute approximate surface area is 174 Å². The molecule has 4 rings (SSSR count). The van der Waals surface area contributed by atoms with Gasteiger partial charge in [0.05, 0.1) is 32.5 Å². The largest absolute Gasteiger partial charge is 0.497 e. The van der Waals surface area contributed by atoms with Crippen molar-refractivity contribution in [3.8, 4) is 11.5 Å². The smallest absolute Gasteiger partial charge is 0.238 e. The van der Waals surface area contributed by atoms with E-state index in [1.165, 1.54) is 16.0 Å². The molecule has 5 nitrogen and oxygen atoms in total. The van der Waals surface area contributed by atoms with Crippen LogP contribution >= 0.6 is 11.3 Å². The van der Waals surface area contributed by atoms with E-state index in [0.717, 1.165) is 13.0 Å².